The fraction of sp³-hybridized carbons (Fsp3) is 0.545. The summed E-state index contributed by atoms with van der Waals surface area (Å²) in [6.07, 6.45) is 1.07. The van der Waals surface area contributed by atoms with Crippen LogP contribution in [0.1, 0.15) is 13.3 Å². The summed E-state index contributed by atoms with van der Waals surface area (Å²) in [6, 6.07) is 1.36. The fourth-order valence-corrected chi connectivity index (χ4v) is 2.90. The number of anilines is 1. The number of nitrogens with one attached hydrogen (secondary N) is 1. The first kappa shape index (κ1) is 16.2. The number of aliphatic hydroxyl groups is 1. The fourth-order valence-electron chi connectivity index (χ4n) is 1.41. The monoisotopic (exact) mass is 307 g/mol. The van der Waals surface area contributed by atoms with Crippen molar-refractivity contribution in [1.29, 1.82) is 0 Å². The van der Waals surface area contributed by atoms with Crippen molar-refractivity contribution >= 4 is 27.4 Å². The third-order valence-electron chi connectivity index (χ3n) is 2.62. The molecule has 0 aliphatic rings. The van der Waals surface area contributed by atoms with E-state index in [4.69, 9.17) is 11.6 Å². The molecular formula is C11H18ClN3O3S. The Morgan fingerprint density at radius 1 is 1.58 bits per heavy atom. The standard InChI is InChI=1S/C11H18ClN3O3S/c1-8(16)4-5-15(3)19(17,18)9-6-10(12)11(13-2)14-7-9/h6-8,16H,4-5H2,1-3H3,(H,13,14). The van der Waals surface area contributed by atoms with Crippen molar-refractivity contribution in [1.82, 2.24) is 9.29 Å². The van der Waals surface area contributed by atoms with Gasteiger partial charge in [0.25, 0.3) is 0 Å². The third-order valence-corrected chi connectivity index (χ3v) is 4.73. The molecule has 0 aliphatic heterocycles. The highest BCUT2D eigenvalue weighted by Crippen LogP contribution is 2.23. The summed E-state index contributed by atoms with van der Waals surface area (Å²) in [5, 5.41) is 12.2. The molecule has 1 unspecified atom stereocenters. The Hall–Kier alpha value is -0.890. The average molecular weight is 308 g/mol. The van der Waals surface area contributed by atoms with Gasteiger partial charge >= 0.3 is 0 Å². The van der Waals surface area contributed by atoms with Gasteiger partial charge in [0, 0.05) is 26.8 Å². The van der Waals surface area contributed by atoms with Crippen LogP contribution >= 0.6 is 11.6 Å². The van der Waals surface area contributed by atoms with Crippen LogP contribution < -0.4 is 5.32 Å². The van der Waals surface area contributed by atoms with Gasteiger partial charge in [0.05, 0.1) is 11.1 Å². The predicted molar refractivity (Wildman–Crippen MR) is 74.9 cm³/mol. The summed E-state index contributed by atoms with van der Waals surface area (Å²) in [5.41, 5.74) is 0. The molecule has 0 spiro atoms. The molecule has 1 aromatic rings. The van der Waals surface area contributed by atoms with Crippen LogP contribution in [0.4, 0.5) is 5.82 Å². The molecule has 0 saturated carbocycles. The lowest BCUT2D eigenvalue weighted by Crippen LogP contribution is -2.29. The van der Waals surface area contributed by atoms with E-state index in [-0.39, 0.29) is 16.5 Å². The van der Waals surface area contributed by atoms with E-state index in [0.29, 0.717) is 12.2 Å². The van der Waals surface area contributed by atoms with E-state index >= 15 is 0 Å². The Balaban J connectivity index is 2.96. The molecule has 0 fully saturated rings. The minimum atomic E-state index is -3.63. The Bertz CT molecular complexity index is 534. The molecule has 0 saturated heterocycles. The van der Waals surface area contributed by atoms with Crippen molar-refractivity contribution in [2.24, 2.45) is 0 Å². The van der Waals surface area contributed by atoms with E-state index < -0.39 is 16.1 Å². The Kier molecular flexibility index (Phi) is 5.54. The number of aliphatic hydroxyl groups excluding tert-OH is 1. The number of aromatic nitrogens is 1. The van der Waals surface area contributed by atoms with Crippen molar-refractivity contribution in [2.45, 2.75) is 24.3 Å². The molecule has 1 aromatic heterocycles. The summed E-state index contributed by atoms with van der Waals surface area (Å²) in [7, 11) is -0.529. The van der Waals surface area contributed by atoms with Crippen molar-refractivity contribution in [3.05, 3.63) is 17.3 Å². The van der Waals surface area contributed by atoms with Gasteiger partial charge in [0.1, 0.15) is 10.7 Å². The summed E-state index contributed by atoms with van der Waals surface area (Å²) in [4.78, 5) is 3.97. The van der Waals surface area contributed by atoms with Gasteiger partial charge < -0.3 is 10.4 Å². The van der Waals surface area contributed by atoms with Gasteiger partial charge in [0.2, 0.25) is 10.0 Å². The summed E-state index contributed by atoms with van der Waals surface area (Å²) in [5.74, 6) is 0.423. The zero-order valence-electron chi connectivity index (χ0n) is 11.1. The van der Waals surface area contributed by atoms with Crippen LogP contribution in [0, 0.1) is 0 Å². The molecule has 8 heteroatoms. The van der Waals surface area contributed by atoms with Crippen LogP contribution in [-0.4, -0.2) is 49.6 Å². The molecule has 19 heavy (non-hydrogen) atoms. The predicted octanol–water partition coefficient (Wildman–Crippen LogP) is 1.17. The Morgan fingerprint density at radius 3 is 2.68 bits per heavy atom. The molecule has 0 radical (unpaired) electrons. The maximum Gasteiger partial charge on any atom is 0.244 e. The normalized spacial score (nSPS) is 13.6. The first-order valence-corrected chi connectivity index (χ1v) is 7.58. The first-order chi connectivity index (χ1) is 8.78. The lowest BCUT2D eigenvalue weighted by atomic mass is 10.3. The largest absolute Gasteiger partial charge is 0.393 e. The number of hydrogen-bond donors (Lipinski definition) is 2. The Morgan fingerprint density at radius 2 is 2.21 bits per heavy atom. The van der Waals surface area contributed by atoms with Gasteiger partial charge in [-0.3, -0.25) is 0 Å². The molecule has 108 valence electrons. The molecule has 1 atom stereocenters. The van der Waals surface area contributed by atoms with Crippen LogP contribution in [0.2, 0.25) is 5.02 Å². The van der Waals surface area contributed by atoms with Crippen LogP contribution in [0.5, 0.6) is 0 Å². The minimum absolute atomic E-state index is 0.0320. The third kappa shape index (κ3) is 4.04. The van der Waals surface area contributed by atoms with Crippen LogP contribution in [0.3, 0.4) is 0 Å². The number of nitrogens with zero attached hydrogens (tertiary/aromatic N) is 2. The number of rotatable bonds is 6. The van der Waals surface area contributed by atoms with Crippen LogP contribution in [0.15, 0.2) is 17.2 Å². The van der Waals surface area contributed by atoms with Gasteiger partial charge in [-0.2, -0.15) is 0 Å². The SMILES string of the molecule is CNc1ncc(S(=O)(=O)N(C)CCC(C)O)cc1Cl. The first-order valence-electron chi connectivity index (χ1n) is 5.76. The highest BCUT2D eigenvalue weighted by atomic mass is 35.5. The number of pyridine rings is 1. The van der Waals surface area contributed by atoms with E-state index in [1.54, 1.807) is 14.0 Å². The maximum atomic E-state index is 12.2. The van der Waals surface area contributed by atoms with Gasteiger partial charge in [-0.05, 0) is 19.4 Å². The van der Waals surface area contributed by atoms with E-state index in [1.165, 1.54) is 23.6 Å². The van der Waals surface area contributed by atoms with E-state index in [9.17, 15) is 13.5 Å². The number of halogens is 1. The number of hydrogen-bond acceptors (Lipinski definition) is 5. The lowest BCUT2D eigenvalue weighted by molar-refractivity contribution is 0.177. The van der Waals surface area contributed by atoms with Gasteiger partial charge in [-0.25, -0.2) is 17.7 Å². The second kappa shape index (κ2) is 6.51. The summed E-state index contributed by atoms with van der Waals surface area (Å²) < 4.78 is 25.6. The van der Waals surface area contributed by atoms with Crippen LogP contribution in [-0.2, 0) is 10.0 Å². The van der Waals surface area contributed by atoms with Gasteiger partial charge in [-0.1, -0.05) is 11.6 Å². The maximum absolute atomic E-state index is 12.2. The van der Waals surface area contributed by atoms with E-state index in [1.807, 2.05) is 0 Å². The molecule has 0 amide bonds. The lowest BCUT2D eigenvalue weighted by Gasteiger charge is -2.18. The van der Waals surface area contributed by atoms with Gasteiger partial charge in [0.15, 0.2) is 0 Å². The molecule has 2 N–H and O–H groups in total. The average Bonchev–Trinajstić information content (AvgIpc) is 2.35. The molecule has 1 heterocycles. The highest BCUT2D eigenvalue weighted by Gasteiger charge is 2.22. The van der Waals surface area contributed by atoms with Crippen molar-refractivity contribution in [3.63, 3.8) is 0 Å². The quantitative estimate of drug-likeness (QED) is 0.824. The zero-order chi connectivity index (χ0) is 14.6. The van der Waals surface area contributed by atoms with Gasteiger partial charge in [-0.15, -0.1) is 0 Å². The minimum Gasteiger partial charge on any atom is -0.393 e. The van der Waals surface area contributed by atoms with Crippen molar-refractivity contribution in [2.75, 3.05) is 26.0 Å². The molecular weight excluding hydrogens is 290 g/mol. The Labute approximate surface area is 118 Å². The molecule has 0 bridgehead atoms. The van der Waals surface area contributed by atoms with Crippen LogP contribution in [0.25, 0.3) is 0 Å². The molecule has 0 aromatic carbocycles. The molecule has 6 nitrogen and oxygen atoms in total. The van der Waals surface area contributed by atoms with Crippen molar-refractivity contribution < 1.29 is 13.5 Å². The van der Waals surface area contributed by atoms with Crippen molar-refractivity contribution in [3.8, 4) is 0 Å². The summed E-state index contributed by atoms with van der Waals surface area (Å²) >= 11 is 5.92. The second-order valence-corrected chi connectivity index (χ2v) is 6.67. The molecule has 0 aliphatic carbocycles. The second-order valence-electron chi connectivity index (χ2n) is 4.22. The molecule has 1 rings (SSSR count). The zero-order valence-corrected chi connectivity index (χ0v) is 12.7. The highest BCUT2D eigenvalue weighted by molar-refractivity contribution is 7.89. The topological polar surface area (TPSA) is 82.5 Å². The summed E-state index contributed by atoms with van der Waals surface area (Å²) in [6.45, 7) is 1.84. The van der Waals surface area contributed by atoms with E-state index in [0.717, 1.165) is 0 Å². The van der Waals surface area contributed by atoms with E-state index in [2.05, 4.69) is 10.3 Å². The number of sulfonamides is 1. The smallest absolute Gasteiger partial charge is 0.244 e.